The number of rotatable bonds is 7. The molecule has 0 fully saturated rings. The van der Waals surface area contributed by atoms with Gasteiger partial charge in [0.25, 0.3) is 0 Å². The summed E-state index contributed by atoms with van der Waals surface area (Å²) in [6.07, 6.45) is 1.30. The number of hydrogen-bond acceptors (Lipinski definition) is 2. The lowest BCUT2D eigenvalue weighted by Crippen LogP contribution is -2.37. The van der Waals surface area contributed by atoms with E-state index in [-0.39, 0.29) is 6.03 Å². The monoisotopic (exact) mass is 345 g/mol. The molecule has 0 unspecified atom stereocenters. The minimum atomic E-state index is -0.456. The summed E-state index contributed by atoms with van der Waals surface area (Å²) in [4.78, 5) is 22.9. The van der Waals surface area contributed by atoms with E-state index >= 15 is 0 Å². The van der Waals surface area contributed by atoms with Crippen LogP contribution >= 0.6 is 11.6 Å². The Morgan fingerprint density at radius 1 is 0.958 bits per heavy atom. The Hall–Kier alpha value is -2.53. The van der Waals surface area contributed by atoms with Crippen LogP contribution in [0.5, 0.6) is 0 Å². The van der Waals surface area contributed by atoms with Crippen molar-refractivity contribution < 1.29 is 9.59 Å². The third kappa shape index (κ3) is 5.59. The number of nitrogens with one attached hydrogen (secondary N) is 2. The van der Waals surface area contributed by atoms with Crippen LogP contribution in [0.3, 0.4) is 0 Å². The highest BCUT2D eigenvalue weighted by molar-refractivity contribution is 6.31. The molecule has 0 aliphatic heterocycles. The van der Waals surface area contributed by atoms with Crippen molar-refractivity contribution in [3.8, 4) is 0 Å². The van der Waals surface area contributed by atoms with Crippen LogP contribution in [0, 0.1) is 0 Å². The van der Waals surface area contributed by atoms with Gasteiger partial charge in [0.15, 0.2) is 0 Å². The minimum absolute atomic E-state index is 0.229. The zero-order chi connectivity index (χ0) is 17.4. The van der Waals surface area contributed by atoms with Gasteiger partial charge in [-0.25, -0.2) is 4.79 Å². The van der Waals surface area contributed by atoms with Crippen LogP contribution in [0.15, 0.2) is 48.5 Å². The zero-order valence-electron chi connectivity index (χ0n) is 13.2. The van der Waals surface area contributed by atoms with Gasteiger partial charge in [-0.15, -0.1) is 0 Å². The first kappa shape index (κ1) is 17.8. The van der Waals surface area contributed by atoms with Crippen LogP contribution < -0.4 is 16.4 Å². The normalized spacial score (nSPS) is 10.2. The van der Waals surface area contributed by atoms with Gasteiger partial charge in [-0.3, -0.25) is 4.79 Å². The van der Waals surface area contributed by atoms with E-state index in [1.165, 1.54) is 0 Å². The molecule has 0 spiro atoms. The SMILES string of the molecule is NC(=O)c1cccc(CCNC(=O)NCCc2ccccc2Cl)c1. The first-order valence-electron chi connectivity index (χ1n) is 7.70. The van der Waals surface area contributed by atoms with Gasteiger partial charge in [0.2, 0.25) is 5.91 Å². The van der Waals surface area contributed by atoms with Gasteiger partial charge in [-0.1, -0.05) is 41.9 Å². The van der Waals surface area contributed by atoms with E-state index in [0.717, 1.165) is 11.1 Å². The fraction of sp³-hybridized carbons (Fsp3) is 0.222. The van der Waals surface area contributed by atoms with E-state index in [2.05, 4.69) is 10.6 Å². The zero-order valence-corrected chi connectivity index (χ0v) is 14.0. The molecule has 2 aromatic carbocycles. The fourth-order valence-corrected chi connectivity index (χ4v) is 2.51. The Labute approximate surface area is 146 Å². The summed E-state index contributed by atoms with van der Waals surface area (Å²) in [6.45, 7) is 0.979. The molecular formula is C18H20ClN3O2. The number of primary amides is 1. The molecule has 0 aromatic heterocycles. The molecule has 0 saturated carbocycles. The first-order valence-corrected chi connectivity index (χ1v) is 8.08. The molecule has 0 radical (unpaired) electrons. The molecule has 2 rings (SSSR count). The Morgan fingerprint density at radius 3 is 2.38 bits per heavy atom. The van der Waals surface area contributed by atoms with E-state index in [1.807, 2.05) is 30.3 Å². The molecule has 24 heavy (non-hydrogen) atoms. The highest BCUT2D eigenvalue weighted by Gasteiger charge is 2.04. The lowest BCUT2D eigenvalue weighted by Gasteiger charge is -2.09. The molecule has 3 amide bonds. The van der Waals surface area contributed by atoms with Gasteiger partial charge in [0.1, 0.15) is 0 Å². The number of halogens is 1. The average molecular weight is 346 g/mol. The van der Waals surface area contributed by atoms with Gasteiger partial charge < -0.3 is 16.4 Å². The molecule has 0 aliphatic rings. The van der Waals surface area contributed by atoms with E-state index < -0.39 is 5.91 Å². The maximum atomic E-state index is 11.8. The van der Waals surface area contributed by atoms with Gasteiger partial charge in [-0.05, 0) is 42.2 Å². The van der Waals surface area contributed by atoms with Crippen molar-refractivity contribution in [3.63, 3.8) is 0 Å². The number of benzene rings is 2. The molecule has 6 heteroatoms. The molecule has 0 atom stereocenters. The number of carbonyl (C=O) groups excluding carboxylic acids is 2. The number of hydrogen-bond donors (Lipinski definition) is 3. The Morgan fingerprint density at radius 2 is 1.67 bits per heavy atom. The molecule has 0 saturated heterocycles. The van der Waals surface area contributed by atoms with Gasteiger partial charge in [-0.2, -0.15) is 0 Å². The van der Waals surface area contributed by atoms with Crippen LogP contribution in [0.1, 0.15) is 21.5 Å². The predicted octanol–water partition coefficient (Wildman–Crippen LogP) is 2.52. The third-order valence-corrected chi connectivity index (χ3v) is 3.92. The second kappa shape index (κ2) is 8.93. The largest absolute Gasteiger partial charge is 0.366 e. The highest BCUT2D eigenvalue weighted by Crippen LogP contribution is 2.14. The molecular weight excluding hydrogens is 326 g/mol. The maximum Gasteiger partial charge on any atom is 0.314 e. The molecule has 0 bridgehead atoms. The lowest BCUT2D eigenvalue weighted by atomic mass is 10.1. The fourth-order valence-electron chi connectivity index (χ4n) is 2.27. The summed E-state index contributed by atoms with van der Waals surface area (Å²) in [6, 6.07) is 14.4. The summed E-state index contributed by atoms with van der Waals surface area (Å²) in [5, 5.41) is 6.28. The van der Waals surface area contributed by atoms with Crippen molar-refractivity contribution in [1.82, 2.24) is 10.6 Å². The quantitative estimate of drug-likeness (QED) is 0.720. The smallest absolute Gasteiger partial charge is 0.314 e. The van der Waals surface area contributed by atoms with Gasteiger partial charge in [0.05, 0.1) is 0 Å². The number of urea groups is 1. The van der Waals surface area contributed by atoms with Crippen LogP contribution in [0.4, 0.5) is 4.79 Å². The first-order chi connectivity index (χ1) is 11.6. The highest BCUT2D eigenvalue weighted by atomic mass is 35.5. The molecule has 5 nitrogen and oxygen atoms in total. The number of nitrogens with two attached hydrogens (primary N) is 1. The van der Waals surface area contributed by atoms with Crippen LogP contribution in [0.25, 0.3) is 0 Å². The Kier molecular flexibility index (Phi) is 6.63. The molecule has 0 aliphatic carbocycles. The molecule has 4 N–H and O–H groups in total. The summed E-state index contributed by atoms with van der Waals surface area (Å²) < 4.78 is 0. The second-order valence-electron chi connectivity index (χ2n) is 5.34. The Bertz CT molecular complexity index is 719. The number of amides is 3. The van der Waals surface area contributed by atoms with Crippen molar-refractivity contribution in [2.45, 2.75) is 12.8 Å². The number of carbonyl (C=O) groups is 2. The topological polar surface area (TPSA) is 84.2 Å². The van der Waals surface area contributed by atoms with E-state index in [1.54, 1.807) is 18.2 Å². The molecule has 2 aromatic rings. The summed E-state index contributed by atoms with van der Waals surface area (Å²) in [5.74, 6) is -0.456. The van der Waals surface area contributed by atoms with Crippen molar-refractivity contribution in [1.29, 1.82) is 0 Å². The lowest BCUT2D eigenvalue weighted by molar-refractivity contribution is 0.1000. The Balaban J connectivity index is 1.69. The predicted molar refractivity (Wildman–Crippen MR) is 95.2 cm³/mol. The van der Waals surface area contributed by atoms with Crippen LogP contribution in [-0.2, 0) is 12.8 Å². The van der Waals surface area contributed by atoms with Crippen molar-refractivity contribution >= 4 is 23.5 Å². The van der Waals surface area contributed by atoms with Crippen molar-refractivity contribution in [2.24, 2.45) is 5.73 Å². The van der Waals surface area contributed by atoms with Crippen molar-refractivity contribution in [2.75, 3.05) is 13.1 Å². The minimum Gasteiger partial charge on any atom is -0.366 e. The molecule has 126 valence electrons. The van der Waals surface area contributed by atoms with Crippen LogP contribution in [-0.4, -0.2) is 25.0 Å². The van der Waals surface area contributed by atoms with Crippen LogP contribution in [0.2, 0.25) is 5.02 Å². The van der Waals surface area contributed by atoms with Crippen molar-refractivity contribution in [3.05, 3.63) is 70.2 Å². The summed E-state index contributed by atoms with van der Waals surface area (Å²) >= 11 is 6.06. The van der Waals surface area contributed by atoms with Gasteiger partial charge in [0, 0.05) is 23.7 Å². The second-order valence-corrected chi connectivity index (χ2v) is 5.75. The maximum absolute atomic E-state index is 11.8. The third-order valence-electron chi connectivity index (χ3n) is 3.55. The standard InChI is InChI=1S/C18H20ClN3O2/c19-16-7-2-1-5-14(16)9-11-22-18(24)21-10-8-13-4-3-6-15(12-13)17(20)23/h1-7,12H,8-11H2,(H2,20,23)(H2,21,22,24). The van der Waals surface area contributed by atoms with E-state index in [9.17, 15) is 9.59 Å². The van der Waals surface area contributed by atoms with Gasteiger partial charge >= 0.3 is 6.03 Å². The summed E-state index contributed by atoms with van der Waals surface area (Å²) in [7, 11) is 0. The average Bonchev–Trinajstić information content (AvgIpc) is 2.57. The summed E-state index contributed by atoms with van der Waals surface area (Å²) in [5.41, 5.74) is 7.66. The van der Waals surface area contributed by atoms with E-state index in [4.69, 9.17) is 17.3 Å². The molecule has 0 heterocycles. The van der Waals surface area contributed by atoms with E-state index in [0.29, 0.717) is 36.5 Å².